The van der Waals surface area contributed by atoms with Gasteiger partial charge in [-0.1, -0.05) is 59.6 Å². The van der Waals surface area contributed by atoms with E-state index in [4.69, 9.17) is 32.7 Å². The third-order valence-corrected chi connectivity index (χ3v) is 3.89. The van der Waals surface area contributed by atoms with Crippen LogP contribution < -0.4 is 0 Å². The van der Waals surface area contributed by atoms with Crippen LogP contribution in [0.4, 0.5) is 0 Å². The molecule has 0 unspecified atom stereocenters. The van der Waals surface area contributed by atoms with Crippen LogP contribution in [-0.2, 0) is 15.3 Å². The highest BCUT2D eigenvalue weighted by molar-refractivity contribution is 6.42. The van der Waals surface area contributed by atoms with Gasteiger partial charge in [-0.25, -0.2) is 0 Å². The molecule has 1 aliphatic heterocycles. The van der Waals surface area contributed by atoms with Crippen molar-refractivity contribution in [1.82, 2.24) is 0 Å². The number of hydrogen-bond donors (Lipinski definition) is 0. The van der Waals surface area contributed by atoms with E-state index in [0.717, 1.165) is 11.1 Å². The Morgan fingerprint density at radius 1 is 0.789 bits per heavy atom. The molecule has 2 aromatic rings. The molecule has 0 aromatic heterocycles. The molecule has 19 heavy (non-hydrogen) atoms. The second-order valence-corrected chi connectivity index (χ2v) is 5.12. The number of hydrogen-bond acceptors (Lipinski definition) is 2. The topological polar surface area (TPSA) is 18.5 Å². The minimum absolute atomic E-state index is 0.494. The summed E-state index contributed by atoms with van der Waals surface area (Å²) in [4.78, 5) is 0. The van der Waals surface area contributed by atoms with Gasteiger partial charge in [0.25, 0.3) is 0 Å². The Balaban J connectivity index is 2.13. The third-order valence-electron chi connectivity index (χ3n) is 3.15. The van der Waals surface area contributed by atoms with E-state index < -0.39 is 5.79 Å². The van der Waals surface area contributed by atoms with E-state index in [1.165, 1.54) is 0 Å². The fraction of sp³-hybridized carbons (Fsp3) is 0.200. The normalized spacial score (nSPS) is 17.6. The summed E-state index contributed by atoms with van der Waals surface area (Å²) in [6.07, 6.45) is 0. The Morgan fingerprint density at radius 2 is 1.47 bits per heavy atom. The Kier molecular flexibility index (Phi) is 3.50. The van der Waals surface area contributed by atoms with Gasteiger partial charge in [-0.3, -0.25) is 0 Å². The van der Waals surface area contributed by atoms with Gasteiger partial charge in [0.05, 0.1) is 23.3 Å². The zero-order chi connectivity index (χ0) is 13.3. The van der Waals surface area contributed by atoms with E-state index in [9.17, 15) is 0 Å². The average Bonchev–Trinajstić information content (AvgIpc) is 2.93. The predicted octanol–water partition coefficient (Wildman–Crippen LogP) is 4.24. The zero-order valence-corrected chi connectivity index (χ0v) is 11.6. The molecule has 0 atom stereocenters. The summed E-state index contributed by atoms with van der Waals surface area (Å²) >= 11 is 12.1. The molecule has 1 fully saturated rings. The molecule has 98 valence electrons. The van der Waals surface area contributed by atoms with Crippen LogP contribution in [0.1, 0.15) is 11.1 Å². The Bertz CT molecular complexity index is 578. The van der Waals surface area contributed by atoms with Crippen LogP contribution in [0.25, 0.3) is 0 Å². The van der Waals surface area contributed by atoms with Gasteiger partial charge < -0.3 is 9.47 Å². The van der Waals surface area contributed by atoms with Crippen LogP contribution in [0.15, 0.2) is 48.5 Å². The predicted molar refractivity (Wildman–Crippen MR) is 75.6 cm³/mol. The zero-order valence-electron chi connectivity index (χ0n) is 10.1. The van der Waals surface area contributed by atoms with Crippen LogP contribution in [0, 0.1) is 0 Å². The highest BCUT2D eigenvalue weighted by atomic mass is 35.5. The minimum Gasteiger partial charge on any atom is -0.340 e. The molecule has 1 heterocycles. The Morgan fingerprint density at radius 3 is 2.11 bits per heavy atom. The van der Waals surface area contributed by atoms with Crippen LogP contribution in [0.2, 0.25) is 10.0 Å². The maximum atomic E-state index is 6.10. The lowest BCUT2D eigenvalue weighted by Crippen LogP contribution is -2.28. The van der Waals surface area contributed by atoms with Crippen molar-refractivity contribution < 1.29 is 9.47 Å². The van der Waals surface area contributed by atoms with Crippen molar-refractivity contribution in [3.63, 3.8) is 0 Å². The van der Waals surface area contributed by atoms with Crippen LogP contribution in [-0.4, -0.2) is 13.2 Å². The summed E-state index contributed by atoms with van der Waals surface area (Å²) < 4.78 is 11.8. The molecule has 0 spiro atoms. The molecule has 4 heteroatoms. The SMILES string of the molecule is Clc1ccc(C2(c3ccccc3)OCCO2)cc1Cl. The van der Waals surface area contributed by atoms with Crippen LogP contribution in [0.3, 0.4) is 0 Å². The molecular weight excluding hydrogens is 283 g/mol. The standard InChI is InChI=1S/C15H12Cl2O2/c16-13-7-6-12(10-14(13)17)15(18-8-9-19-15)11-4-2-1-3-5-11/h1-7,10H,8-9H2. The molecule has 0 amide bonds. The lowest BCUT2D eigenvalue weighted by Gasteiger charge is -2.28. The van der Waals surface area contributed by atoms with Gasteiger partial charge in [0, 0.05) is 11.1 Å². The van der Waals surface area contributed by atoms with Crippen molar-refractivity contribution in [1.29, 1.82) is 0 Å². The maximum absolute atomic E-state index is 6.10. The minimum atomic E-state index is -0.879. The quantitative estimate of drug-likeness (QED) is 0.825. The molecule has 2 nitrogen and oxygen atoms in total. The van der Waals surface area contributed by atoms with Crippen molar-refractivity contribution in [2.75, 3.05) is 13.2 Å². The van der Waals surface area contributed by atoms with Crippen molar-refractivity contribution >= 4 is 23.2 Å². The molecule has 1 aliphatic rings. The van der Waals surface area contributed by atoms with Crippen molar-refractivity contribution in [3.8, 4) is 0 Å². The number of rotatable bonds is 2. The average molecular weight is 295 g/mol. The molecule has 3 rings (SSSR count). The summed E-state index contributed by atoms with van der Waals surface area (Å²) in [7, 11) is 0. The first-order valence-corrected chi connectivity index (χ1v) is 6.77. The lowest BCUT2D eigenvalue weighted by molar-refractivity contribution is -0.129. The first kappa shape index (κ1) is 12.9. The van der Waals surface area contributed by atoms with E-state index >= 15 is 0 Å². The summed E-state index contributed by atoms with van der Waals surface area (Å²) in [5.74, 6) is -0.879. The van der Waals surface area contributed by atoms with Crippen molar-refractivity contribution in [2.24, 2.45) is 0 Å². The number of halogens is 2. The van der Waals surface area contributed by atoms with Gasteiger partial charge >= 0.3 is 0 Å². The monoisotopic (exact) mass is 294 g/mol. The van der Waals surface area contributed by atoms with Gasteiger partial charge in [-0.05, 0) is 12.1 Å². The Labute approximate surface area is 121 Å². The van der Waals surface area contributed by atoms with E-state index in [1.807, 2.05) is 36.4 Å². The first-order chi connectivity index (χ1) is 9.22. The largest absolute Gasteiger partial charge is 0.340 e. The molecule has 0 N–H and O–H groups in total. The smallest absolute Gasteiger partial charge is 0.222 e. The van der Waals surface area contributed by atoms with E-state index in [2.05, 4.69) is 0 Å². The summed E-state index contributed by atoms with van der Waals surface area (Å²) in [5, 5.41) is 1.01. The molecule has 1 saturated heterocycles. The maximum Gasteiger partial charge on any atom is 0.222 e. The van der Waals surface area contributed by atoms with Crippen LogP contribution >= 0.6 is 23.2 Å². The lowest BCUT2D eigenvalue weighted by atomic mass is 9.97. The van der Waals surface area contributed by atoms with E-state index in [0.29, 0.717) is 23.3 Å². The van der Waals surface area contributed by atoms with Gasteiger partial charge in [0.1, 0.15) is 0 Å². The van der Waals surface area contributed by atoms with Crippen LogP contribution in [0.5, 0.6) is 0 Å². The molecule has 0 saturated carbocycles. The second-order valence-electron chi connectivity index (χ2n) is 4.31. The molecule has 0 radical (unpaired) electrons. The van der Waals surface area contributed by atoms with Gasteiger partial charge in [-0.2, -0.15) is 0 Å². The van der Waals surface area contributed by atoms with Gasteiger partial charge in [-0.15, -0.1) is 0 Å². The highest BCUT2D eigenvalue weighted by Crippen LogP contribution is 2.40. The fourth-order valence-electron chi connectivity index (χ4n) is 2.27. The fourth-order valence-corrected chi connectivity index (χ4v) is 2.57. The summed E-state index contributed by atoms with van der Waals surface area (Å²) in [6.45, 7) is 1.10. The number of ether oxygens (including phenoxy) is 2. The van der Waals surface area contributed by atoms with Gasteiger partial charge in [0.15, 0.2) is 0 Å². The molecule has 2 aromatic carbocycles. The van der Waals surface area contributed by atoms with E-state index in [1.54, 1.807) is 12.1 Å². The van der Waals surface area contributed by atoms with Crippen molar-refractivity contribution in [3.05, 3.63) is 69.7 Å². The first-order valence-electron chi connectivity index (χ1n) is 6.01. The van der Waals surface area contributed by atoms with Gasteiger partial charge in [0.2, 0.25) is 5.79 Å². The number of benzene rings is 2. The Hall–Kier alpha value is -1.06. The third kappa shape index (κ3) is 2.26. The summed E-state index contributed by atoms with van der Waals surface area (Å²) in [6, 6.07) is 15.3. The second kappa shape index (κ2) is 5.14. The molecule has 0 bridgehead atoms. The van der Waals surface area contributed by atoms with Crippen molar-refractivity contribution in [2.45, 2.75) is 5.79 Å². The summed E-state index contributed by atoms with van der Waals surface area (Å²) in [5.41, 5.74) is 1.80. The van der Waals surface area contributed by atoms with E-state index in [-0.39, 0.29) is 0 Å². The highest BCUT2D eigenvalue weighted by Gasteiger charge is 2.40. The molecular formula is C15H12Cl2O2. The molecule has 0 aliphatic carbocycles.